The summed E-state index contributed by atoms with van der Waals surface area (Å²) in [5.41, 5.74) is 1.29. The highest BCUT2D eigenvalue weighted by Gasteiger charge is 2.52. The second kappa shape index (κ2) is 6.17. The maximum atomic E-state index is 12.8. The minimum atomic E-state index is -1.24. The molecule has 1 N–H and O–H groups in total. The van der Waals surface area contributed by atoms with Crippen LogP contribution in [0.15, 0.2) is 54.6 Å². The highest BCUT2D eigenvalue weighted by molar-refractivity contribution is 6.31. The van der Waals surface area contributed by atoms with Gasteiger partial charge in [-0.05, 0) is 30.2 Å². The molecule has 5 nitrogen and oxygen atoms in total. The second-order valence-corrected chi connectivity index (χ2v) is 6.83. The minimum Gasteiger partial charge on any atom is -0.378 e. The van der Waals surface area contributed by atoms with Crippen molar-refractivity contribution in [1.82, 2.24) is 4.90 Å². The molecule has 2 bridgehead atoms. The molecule has 2 aromatic rings. The van der Waals surface area contributed by atoms with Crippen LogP contribution >= 0.6 is 11.6 Å². The molecule has 25 heavy (non-hydrogen) atoms. The van der Waals surface area contributed by atoms with Crippen LogP contribution in [-0.2, 0) is 9.59 Å². The van der Waals surface area contributed by atoms with Crippen LogP contribution in [0.2, 0.25) is 5.02 Å². The Bertz CT molecular complexity index is 826. The number of anilines is 1. The highest BCUT2D eigenvalue weighted by atomic mass is 35.5. The van der Waals surface area contributed by atoms with Crippen molar-refractivity contribution in [3.05, 3.63) is 65.2 Å². The van der Waals surface area contributed by atoms with E-state index < -0.39 is 18.1 Å². The third kappa shape index (κ3) is 2.69. The molecule has 4 rings (SSSR count). The molecule has 2 amide bonds. The molecule has 2 fully saturated rings. The predicted molar refractivity (Wildman–Crippen MR) is 94.2 cm³/mol. The molecular weight excluding hydrogens is 340 g/mol. The Hall–Kier alpha value is -2.37. The zero-order chi connectivity index (χ0) is 17.6. The van der Waals surface area contributed by atoms with Gasteiger partial charge in [-0.15, -0.1) is 0 Å². The second-order valence-electron chi connectivity index (χ2n) is 6.40. The summed E-state index contributed by atoms with van der Waals surface area (Å²) in [5.74, 6) is -0.537. The summed E-state index contributed by atoms with van der Waals surface area (Å²) in [4.78, 5) is 28.6. The van der Waals surface area contributed by atoms with Gasteiger partial charge in [-0.1, -0.05) is 48.0 Å². The molecule has 0 unspecified atom stereocenters. The standard InChI is InChI=1S/C19H17ClN2O3/c20-13-7-4-8-14(9-13)22-15-10-16(18(22)24)21(11-15)19(25)17(23)12-5-2-1-3-6-12/h1-9,15-17,23H,10-11H2/t15-,16-,17-/m0/s1. The summed E-state index contributed by atoms with van der Waals surface area (Å²) in [6, 6.07) is 15.3. The van der Waals surface area contributed by atoms with Crippen LogP contribution in [0.5, 0.6) is 0 Å². The number of carbonyl (C=O) groups excluding carboxylic acids is 2. The van der Waals surface area contributed by atoms with Crippen molar-refractivity contribution in [3.8, 4) is 0 Å². The summed E-state index contributed by atoms with van der Waals surface area (Å²) in [7, 11) is 0. The lowest BCUT2D eigenvalue weighted by molar-refractivity contribution is -0.145. The van der Waals surface area contributed by atoms with Crippen molar-refractivity contribution >= 4 is 29.1 Å². The Morgan fingerprint density at radius 1 is 1.16 bits per heavy atom. The number of likely N-dealkylation sites (tertiary alicyclic amines) is 1. The van der Waals surface area contributed by atoms with Gasteiger partial charge in [-0.2, -0.15) is 0 Å². The van der Waals surface area contributed by atoms with Crippen molar-refractivity contribution in [1.29, 1.82) is 0 Å². The molecule has 0 aromatic heterocycles. The van der Waals surface area contributed by atoms with E-state index in [-0.39, 0.29) is 11.9 Å². The van der Waals surface area contributed by atoms with E-state index in [4.69, 9.17) is 11.6 Å². The van der Waals surface area contributed by atoms with Crippen LogP contribution in [0, 0.1) is 0 Å². The third-order valence-corrected chi connectivity index (χ3v) is 5.12. The largest absolute Gasteiger partial charge is 0.378 e. The molecule has 6 heteroatoms. The number of aliphatic hydroxyl groups is 1. The first-order valence-corrected chi connectivity index (χ1v) is 8.56. The van der Waals surface area contributed by atoms with Crippen molar-refractivity contribution in [3.63, 3.8) is 0 Å². The lowest BCUT2D eigenvalue weighted by Gasteiger charge is -2.34. The lowest BCUT2D eigenvalue weighted by Crippen LogP contribution is -2.53. The molecule has 2 aromatic carbocycles. The van der Waals surface area contributed by atoms with Gasteiger partial charge in [-0.3, -0.25) is 9.59 Å². The molecule has 0 radical (unpaired) electrons. The van der Waals surface area contributed by atoms with Crippen LogP contribution in [0.25, 0.3) is 0 Å². The number of benzene rings is 2. The number of halogens is 1. The predicted octanol–water partition coefficient (Wildman–Crippen LogP) is 2.39. The quantitative estimate of drug-likeness (QED) is 0.918. The van der Waals surface area contributed by atoms with Crippen LogP contribution in [0.3, 0.4) is 0 Å². The van der Waals surface area contributed by atoms with Gasteiger partial charge in [0.15, 0.2) is 6.10 Å². The molecule has 0 spiro atoms. The number of fused-ring (bicyclic) bond motifs is 2. The van der Waals surface area contributed by atoms with E-state index in [2.05, 4.69) is 0 Å². The van der Waals surface area contributed by atoms with E-state index in [0.29, 0.717) is 23.6 Å². The number of hydrogen-bond acceptors (Lipinski definition) is 3. The molecule has 2 aliphatic rings. The third-order valence-electron chi connectivity index (χ3n) is 4.89. The van der Waals surface area contributed by atoms with Crippen LogP contribution in [-0.4, -0.2) is 40.4 Å². The van der Waals surface area contributed by atoms with Gasteiger partial charge < -0.3 is 14.9 Å². The first-order valence-electron chi connectivity index (χ1n) is 8.18. The normalized spacial score (nSPS) is 23.2. The Kier molecular flexibility index (Phi) is 3.98. The van der Waals surface area contributed by atoms with E-state index in [1.165, 1.54) is 4.90 Å². The fourth-order valence-electron chi connectivity index (χ4n) is 3.72. The Labute approximate surface area is 150 Å². The van der Waals surface area contributed by atoms with Gasteiger partial charge in [0.05, 0.1) is 6.04 Å². The van der Waals surface area contributed by atoms with Gasteiger partial charge in [0, 0.05) is 17.3 Å². The summed E-state index contributed by atoms with van der Waals surface area (Å²) in [6.07, 6.45) is -0.661. The zero-order valence-electron chi connectivity index (χ0n) is 13.4. The molecule has 0 aliphatic carbocycles. The highest BCUT2D eigenvalue weighted by Crippen LogP contribution is 2.37. The molecule has 128 valence electrons. The summed E-state index contributed by atoms with van der Waals surface area (Å²) >= 11 is 6.03. The maximum absolute atomic E-state index is 12.8. The number of carbonyl (C=O) groups is 2. The van der Waals surface area contributed by atoms with Crippen molar-refractivity contribution < 1.29 is 14.7 Å². The maximum Gasteiger partial charge on any atom is 0.256 e. The molecular formula is C19H17ClN2O3. The van der Waals surface area contributed by atoms with E-state index in [9.17, 15) is 14.7 Å². The average molecular weight is 357 g/mol. The first-order chi connectivity index (χ1) is 12.1. The SMILES string of the molecule is O=C([C@@H](O)c1ccccc1)N1C[C@@H]2C[C@H]1C(=O)N2c1cccc(Cl)c1. The number of amides is 2. The molecule has 2 aliphatic heterocycles. The first kappa shape index (κ1) is 16.1. The Balaban J connectivity index is 1.54. The fourth-order valence-corrected chi connectivity index (χ4v) is 3.90. The molecule has 0 saturated carbocycles. The summed E-state index contributed by atoms with van der Waals surface area (Å²) in [5, 5.41) is 10.9. The number of aliphatic hydroxyl groups excluding tert-OH is 1. The van der Waals surface area contributed by atoms with Crippen LogP contribution < -0.4 is 4.90 Å². The Morgan fingerprint density at radius 3 is 2.60 bits per heavy atom. The average Bonchev–Trinajstić information content (AvgIpc) is 3.19. The van der Waals surface area contributed by atoms with E-state index in [1.54, 1.807) is 47.4 Å². The zero-order valence-corrected chi connectivity index (χ0v) is 14.1. The molecule has 3 atom stereocenters. The fraction of sp³-hybridized carbons (Fsp3) is 0.263. The van der Waals surface area contributed by atoms with E-state index in [1.807, 2.05) is 12.1 Å². The lowest BCUT2D eigenvalue weighted by atomic mass is 10.1. The smallest absolute Gasteiger partial charge is 0.256 e. The molecule has 2 heterocycles. The van der Waals surface area contributed by atoms with Crippen LogP contribution in [0.1, 0.15) is 18.1 Å². The summed E-state index contributed by atoms with van der Waals surface area (Å²) < 4.78 is 0. The van der Waals surface area contributed by atoms with Gasteiger partial charge in [0.2, 0.25) is 5.91 Å². The van der Waals surface area contributed by atoms with Gasteiger partial charge in [0.1, 0.15) is 6.04 Å². The van der Waals surface area contributed by atoms with Crippen molar-refractivity contribution in [2.24, 2.45) is 0 Å². The van der Waals surface area contributed by atoms with E-state index >= 15 is 0 Å². The summed E-state index contributed by atoms with van der Waals surface area (Å²) in [6.45, 7) is 0.422. The number of piperazine rings is 1. The van der Waals surface area contributed by atoms with Crippen molar-refractivity contribution in [2.75, 3.05) is 11.4 Å². The van der Waals surface area contributed by atoms with Gasteiger partial charge >= 0.3 is 0 Å². The van der Waals surface area contributed by atoms with Crippen LogP contribution in [0.4, 0.5) is 5.69 Å². The Morgan fingerprint density at radius 2 is 1.92 bits per heavy atom. The number of hydrogen-bond donors (Lipinski definition) is 1. The van der Waals surface area contributed by atoms with Gasteiger partial charge in [0.25, 0.3) is 5.91 Å². The van der Waals surface area contributed by atoms with Crippen molar-refractivity contribution in [2.45, 2.75) is 24.6 Å². The topological polar surface area (TPSA) is 60.9 Å². The number of nitrogens with zero attached hydrogens (tertiary/aromatic N) is 2. The van der Waals surface area contributed by atoms with Gasteiger partial charge in [-0.25, -0.2) is 0 Å². The number of rotatable bonds is 3. The molecule has 2 saturated heterocycles. The monoisotopic (exact) mass is 356 g/mol. The van der Waals surface area contributed by atoms with E-state index in [0.717, 1.165) is 5.69 Å². The minimum absolute atomic E-state index is 0.0807.